The summed E-state index contributed by atoms with van der Waals surface area (Å²) in [7, 11) is 0. The largest absolute Gasteiger partial charge is 0.388 e. The van der Waals surface area contributed by atoms with Crippen LogP contribution in [0.1, 0.15) is 46.5 Å². The molecule has 2 N–H and O–H groups in total. The number of piperidine rings is 1. The molecular formula is C11H23NO. The zero-order valence-electron chi connectivity index (χ0n) is 9.14. The van der Waals surface area contributed by atoms with Gasteiger partial charge in [-0.2, -0.15) is 0 Å². The quantitative estimate of drug-likeness (QED) is 0.704. The van der Waals surface area contributed by atoms with Gasteiger partial charge in [-0.05, 0) is 32.1 Å². The second-order valence-corrected chi connectivity index (χ2v) is 4.61. The molecule has 1 aliphatic heterocycles. The second-order valence-electron chi connectivity index (χ2n) is 4.61. The molecule has 0 aliphatic carbocycles. The molecule has 0 aromatic rings. The molecule has 1 heterocycles. The highest BCUT2D eigenvalue weighted by molar-refractivity contribution is 4.91. The molecular weight excluding hydrogens is 162 g/mol. The normalized spacial score (nSPS) is 37.4. The van der Waals surface area contributed by atoms with Crippen molar-refractivity contribution >= 4 is 0 Å². The van der Waals surface area contributed by atoms with Crippen LogP contribution in [0.2, 0.25) is 0 Å². The lowest BCUT2D eigenvalue weighted by Crippen LogP contribution is -2.52. The molecule has 0 saturated carbocycles. The Morgan fingerprint density at radius 2 is 2.31 bits per heavy atom. The predicted octanol–water partition coefficient (Wildman–Crippen LogP) is 1.93. The van der Waals surface area contributed by atoms with E-state index in [1.165, 1.54) is 6.42 Å². The van der Waals surface area contributed by atoms with Crippen LogP contribution in [-0.4, -0.2) is 23.3 Å². The van der Waals surface area contributed by atoms with Gasteiger partial charge in [0.15, 0.2) is 0 Å². The Balaban J connectivity index is 2.46. The number of β-amino-alcohol motifs (C(OH)–C–C–N with tert-alkyl or cyclic N) is 1. The van der Waals surface area contributed by atoms with Crippen molar-refractivity contribution in [1.29, 1.82) is 0 Å². The summed E-state index contributed by atoms with van der Waals surface area (Å²) in [5, 5.41) is 13.7. The zero-order chi connectivity index (χ0) is 9.90. The van der Waals surface area contributed by atoms with Crippen molar-refractivity contribution in [1.82, 2.24) is 5.32 Å². The molecule has 78 valence electrons. The topological polar surface area (TPSA) is 32.3 Å². The van der Waals surface area contributed by atoms with Crippen LogP contribution in [-0.2, 0) is 0 Å². The van der Waals surface area contributed by atoms with E-state index in [1.807, 2.05) is 0 Å². The summed E-state index contributed by atoms with van der Waals surface area (Å²) in [5.74, 6) is 0.428. The van der Waals surface area contributed by atoms with E-state index in [1.54, 1.807) is 0 Å². The molecule has 1 rings (SSSR count). The zero-order valence-corrected chi connectivity index (χ0v) is 9.14. The van der Waals surface area contributed by atoms with Crippen molar-refractivity contribution in [3.8, 4) is 0 Å². The summed E-state index contributed by atoms with van der Waals surface area (Å²) in [6.07, 6.45) is 4.36. The van der Waals surface area contributed by atoms with Gasteiger partial charge in [-0.25, -0.2) is 0 Å². The van der Waals surface area contributed by atoms with E-state index in [4.69, 9.17) is 0 Å². The summed E-state index contributed by atoms with van der Waals surface area (Å²) >= 11 is 0. The molecule has 0 spiro atoms. The molecule has 2 heteroatoms. The third-order valence-electron chi connectivity index (χ3n) is 3.41. The first-order valence-electron chi connectivity index (χ1n) is 5.54. The lowest BCUT2D eigenvalue weighted by molar-refractivity contribution is -0.0408. The van der Waals surface area contributed by atoms with Gasteiger partial charge in [0, 0.05) is 12.6 Å². The van der Waals surface area contributed by atoms with E-state index in [2.05, 4.69) is 26.1 Å². The first-order valence-corrected chi connectivity index (χ1v) is 5.54. The van der Waals surface area contributed by atoms with Crippen LogP contribution in [0.4, 0.5) is 0 Å². The number of hydrogen-bond acceptors (Lipinski definition) is 2. The summed E-state index contributed by atoms with van der Waals surface area (Å²) < 4.78 is 0. The summed E-state index contributed by atoms with van der Waals surface area (Å²) in [4.78, 5) is 0. The maximum absolute atomic E-state index is 10.3. The van der Waals surface area contributed by atoms with Crippen molar-refractivity contribution < 1.29 is 5.11 Å². The molecule has 1 fully saturated rings. The predicted molar refractivity (Wildman–Crippen MR) is 55.7 cm³/mol. The van der Waals surface area contributed by atoms with Crippen LogP contribution in [0, 0.1) is 5.92 Å². The molecule has 0 aromatic heterocycles. The summed E-state index contributed by atoms with van der Waals surface area (Å²) in [6, 6.07) is 0.578. The summed E-state index contributed by atoms with van der Waals surface area (Å²) in [6.45, 7) is 7.30. The van der Waals surface area contributed by atoms with Gasteiger partial charge in [0.25, 0.3) is 0 Å². The highest BCUT2D eigenvalue weighted by Crippen LogP contribution is 2.29. The van der Waals surface area contributed by atoms with E-state index in [9.17, 15) is 5.11 Å². The number of nitrogens with one attached hydrogen (secondary N) is 1. The second kappa shape index (κ2) is 4.43. The first-order chi connectivity index (χ1) is 6.08. The number of rotatable bonds is 3. The van der Waals surface area contributed by atoms with Gasteiger partial charge >= 0.3 is 0 Å². The Kier molecular flexibility index (Phi) is 3.74. The Morgan fingerprint density at radius 3 is 2.77 bits per heavy atom. The Bertz CT molecular complexity index is 150. The van der Waals surface area contributed by atoms with Crippen LogP contribution in [0.25, 0.3) is 0 Å². The van der Waals surface area contributed by atoms with Crippen LogP contribution in [0.15, 0.2) is 0 Å². The molecule has 3 atom stereocenters. The van der Waals surface area contributed by atoms with Crippen molar-refractivity contribution in [2.75, 3.05) is 6.54 Å². The van der Waals surface area contributed by atoms with Crippen LogP contribution in [0.5, 0.6) is 0 Å². The van der Waals surface area contributed by atoms with Crippen LogP contribution >= 0.6 is 0 Å². The third kappa shape index (κ3) is 2.68. The minimum Gasteiger partial charge on any atom is -0.388 e. The standard InChI is InChI=1S/C11H23NO/c1-4-5-9(2)11(13)7-6-10(3)12-8-11/h9-10,12-13H,4-8H2,1-3H3. The fourth-order valence-electron chi connectivity index (χ4n) is 2.13. The highest BCUT2D eigenvalue weighted by Gasteiger charge is 2.35. The van der Waals surface area contributed by atoms with Gasteiger partial charge in [-0.3, -0.25) is 0 Å². The van der Waals surface area contributed by atoms with E-state index < -0.39 is 5.60 Å². The SMILES string of the molecule is CCCC(C)C1(O)CCC(C)NC1. The lowest BCUT2D eigenvalue weighted by atomic mass is 9.79. The van der Waals surface area contributed by atoms with Crippen molar-refractivity contribution in [3.05, 3.63) is 0 Å². The van der Waals surface area contributed by atoms with Gasteiger partial charge in [0.2, 0.25) is 0 Å². The average molecular weight is 185 g/mol. The van der Waals surface area contributed by atoms with Gasteiger partial charge in [-0.1, -0.05) is 20.3 Å². The molecule has 0 aromatic carbocycles. The molecule has 13 heavy (non-hydrogen) atoms. The van der Waals surface area contributed by atoms with Gasteiger partial charge in [0.1, 0.15) is 0 Å². The molecule has 0 amide bonds. The Hall–Kier alpha value is -0.0800. The monoisotopic (exact) mass is 185 g/mol. The van der Waals surface area contributed by atoms with E-state index in [-0.39, 0.29) is 0 Å². The van der Waals surface area contributed by atoms with Gasteiger partial charge < -0.3 is 10.4 Å². The van der Waals surface area contributed by atoms with Crippen molar-refractivity contribution in [2.45, 2.75) is 58.1 Å². The molecule has 2 nitrogen and oxygen atoms in total. The van der Waals surface area contributed by atoms with Gasteiger partial charge in [0.05, 0.1) is 5.60 Å². The van der Waals surface area contributed by atoms with Crippen molar-refractivity contribution in [3.63, 3.8) is 0 Å². The van der Waals surface area contributed by atoms with E-state index >= 15 is 0 Å². The van der Waals surface area contributed by atoms with E-state index in [0.29, 0.717) is 12.0 Å². The van der Waals surface area contributed by atoms with E-state index in [0.717, 1.165) is 25.8 Å². The van der Waals surface area contributed by atoms with Crippen LogP contribution in [0.3, 0.4) is 0 Å². The molecule has 0 bridgehead atoms. The fraction of sp³-hybridized carbons (Fsp3) is 1.00. The maximum Gasteiger partial charge on any atom is 0.0797 e. The van der Waals surface area contributed by atoms with Crippen molar-refractivity contribution in [2.24, 2.45) is 5.92 Å². The minimum absolute atomic E-state index is 0.428. The van der Waals surface area contributed by atoms with Crippen LogP contribution < -0.4 is 5.32 Å². The van der Waals surface area contributed by atoms with Gasteiger partial charge in [-0.15, -0.1) is 0 Å². The highest BCUT2D eigenvalue weighted by atomic mass is 16.3. The molecule has 1 aliphatic rings. The molecule has 3 unspecified atom stereocenters. The number of aliphatic hydroxyl groups is 1. The molecule has 0 radical (unpaired) electrons. The summed E-state index contributed by atoms with van der Waals surface area (Å²) in [5.41, 5.74) is -0.442. The lowest BCUT2D eigenvalue weighted by Gasteiger charge is -2.40. The molecule has 1 saturated heterocycles. The smallest absolute Gasteiger partial charge is 0.0797 e. The third-order valence-corrected chi connectivity index (χ3v) is 3.41. The Morgan fingerprint density at radius 1 is 1.62 bits per heavy atom. The number of hydrogen-bond donors (Lipinski definition) is 2. The fourth-order valence-corrected chi connectivity index (χ4v) is 2.13. The maximum atomic E-state index is 10.3. The first kappa shape index (κ1) is 11.0. The average Bonchev–Trinajstić information content (AvgIpc) is 2.11. The Labute approximate surface area is 81.7 Å². The minimum atomic E-state index is -0.442.